The smallest absolute Gasteiger partial charge is 0.133 e. The van der Waals surface area contributed by atoms with Crippen molar-refractivity contribution in [3.63, 3.8) is 0 Å². The third-order valence-electron chi connectivity index (χ3n) is 9.23. The van der Waals surface area contributed by atoms with Crippen LogP contribution in [-0.2, 0) is 25.7 Å². The Balaban J connectivity index is 1.22. The molecule has 40 heavy (non-hydrogen) atoms. The third-order valence-corrected chi connectivity index (χ3v) is 9.23. The van der Waals surface area contributed by atoms with Crippen molar-refractivity contribution in [1.82, 2.24) is 0 Å². The van der Waals surface area contributed by atoms with Gasteiger partial charge in [0.2, 0.25) is 0 Å². The lowest BCUT2D eigenvalue weighted by Gasteiger charge is -2.31. The molecule has 5 heteroatoms. The molecule has 1 saturated carbocycles. The van der Waals surface area contributed by atoms with Crippen molar-refractivity contribution in [2.45, 2.75) is 95.8 Å². The zero-order valence-corrected chi connectivity index (χ0v) is 23.2. The van der Waals surface area contributed by atoms with E-state index in [1.54, 1.807) is 0 Å². The molecule has 2 aliphatic rings. The van der Waals surface area contributed by atoms with E-state index in [-0.39, 0.29) is 35.2 Å². The lowest BCUT2D eigenvalue weighted by molar-refractivity contribution is 0.369. The maximum absolute atomic E-state index is 15.7. The largest absolute Gasteiger partial charge is 0.207 e. The summed E-state index contributed by atoms with van der Waals surface area (Å²) in [6.07, 6.45) is 8.40. The van der Waals surface area contributed by atoms with Crippen molar-refractivity contribution in [3.8, 4) is 6.07 Å². The maximum Gasteiger partial charge on any atom is 0.133 e. The SMILES string of the molecule is CCCCc1cc(F)c(CCC2CCc3c(cc(F)c(C4CCC(c5ccc(C#N)cc5)CC4)c3F)C2)c(F)c1. The standard InChI is InChI=1S/C35H37F4N/c1-2-3-4-24-18-31(36)30(32(37)19-24)16-8-22-7-15-29-28(17-22)20-33(38)34(35(29)39)27-13-11-26(12-14-27)25-9-5-23(21-40)6-10-25/h5-6,9-10,18-20,22,26-27H,2-4,7-8,11-17H2,1H3. The van der Waals surface area contributed by atoms with Gasteiger partial charge in [0.25, 0.3) is 0 Å². The molecule has 0 radical (unpaired) electrons. The molecule has 3 aromatic carbocycles. The van der Waals surface area contributed by atoms with Gasteiger partial charge in [-0.25, -0.2) is 17.6 Å². The first-order chi connectivity index (χ1) is 19.4. The van der Waals surface area contributed by atoms with E-state index in [0.717, 1.165) is 44.9 Å². The second-order valence-electron chi connectivity index (χ2n) is 11.8. The fourth-order valence-electron chi connectivity index (χ4n) is 6.87. The summed E-state index contributed by atoms with van der Waals surface area (Å²) in [6, 6.07) is 14.2. The minimum Gasteiger partial charge on any atom is -0.207 e. The summed E-state index contributed by atoms with van der Waals surface area (Å²) in [5, 5.41) is 9.03. The Morgan fingerprint density at radius 2 is 1.50 bits per heavy atom. The maximum atomic E-state index is 15.7. The summed E-state index contributed by atoms with van der Waals surface area (Å²) in [5.74, 6) is -1.47. The molecule has 0 spiro atoms. The molecule has 0 saturated heterocycles. The Morgan fingerprint density at radius 3 is 2.15 bits per heavy atom. The van der Waals surface area contributed by atoms with Crippen LogP contribution < -0.4 is 0 Å². The van der Waals surface area contributed by atoms with Gasteiger partial charge in [-0.1, -0.05) is 25.5 Å². The van der Waals surface area contributed by atoms with Crippen LogP contribution in [0.1, 0.15) is 109 Å². The molecule has 1 nitrogen and oxygen atoms in total. The minimum absolute atomic E-state index is 0.121. The second kappa shape index (κ2) is 12.6. The number of hydrogen-bond donors (Lipinski definition) is 0. The van der Waals surface area contributed by atoms with E-state index in [2.05, 4.69) is 6.07 Å². The molecule has 3 aromatic rings. The van der Waals surface area contributed by atoms with E-state index in [9.17, 15) is 8.78 Å². The Kier molecular flexibility index (Phi) is 8.94. The van der Waals surface area contributed by atoms with Gasteiger partial charge < -0.3 is 0 Å². The number of aryl methyl sites for hydroxylation is 1. The van der Waals surface area contributed by atoms with Crippen molar-refractivity contribution >= 4 is 0 Å². The molecule has 0 aliphatic heterocycles. The van der Waals surface area contributed by atoms with Crippen LogP contribution in [0.5, 0.6) is 0 Å². The van der Waals surface area contributed by atoms with Crippen LogP contribution in [-0.4, -0.2) is 0 Å². The molecule has 0 N–H and O–H groups in total. The fraction of sp³-hybridized carbons (Fsp3) is 0.457. The Hall–Kier alpha value is -3.13. The lowest BCUT2D eigenvalue weighted by Crippen LogP contribution is -2.21. The number of fused-ring (bicyclic) bond motifs is 1. The highest BCUT2D eigenvalue weighted by Gasteiger charge is 2.31. The summed E-state index contributed by atoms with van der Waals surface area (Å²) in [5.41, 5.74) is 4.20. The molecule has 2 aliphatic carbocycles. The number of hydrogen-bond acceptors (Lipinski definition) is 1. The van der Waals surface area contributed by atoms with Gasteiger partial charge in [0, 0.05) is 11.1 Å². The molecule has 1 fully saturated rings. The van der Waals surface area contributed by atoms with Crippen molar-refractivity contribution in [2.24, 2.45) is 5.92 Å². The molecule has 0 bridgehead atoms. The summed E-state index contributed by atoms with van der Waals surface area (Å²) in [4.78, 5) is 0. The number of nitriles is 1. The topological polar surface area (TPSA) is 23.8 Å². The molecule has 0 aromatic heterocycles. The molecule has 210 valence electrons. The predicted molar refractivity (Wildman–Crippen MR) is 150 cm³/mol. The second-order valence-corrected chi connectivity index (χ2v) is 11.8. The number of unbranched alkanes of at least 4 members (excludes halogenated alkanes) is 1. The van der Waals surface area contributed by atoms with Crippen LogP contribution >= 0.6 is 0 Å². The molecular weight excluding hydrogens is 510 g/mol. The van der Waals surface area contributed by atoms with E-state index < -0.39 is 17.5 Å². The number of halogens is 4. The number of nitrogens with zero attached hydrogens (tertiary/aromatic N) is 1. The molecule has 0 heterocycles. The van der Waals surface area contributed by atoms with Gasteiger partial charge in [-0.15, -0.1) is 0 Å². The monoisotopic (exact) mass is 547 g/mol. The zero-order chi connectivity index (χ0) is 28.2. The summed E-state index contributed by atoms with van der Waals surface area (Å²) in [6.45, 7) is 2.05. The van der Waals surface area contributed by atoms with E-state index in [4.69, 9.17) is 5.26 Å². The highest BCUT2D eigenvalue weighted by Crippen LogP contribution is 2.44. The Labute approximate surface area is 235 Å². The van der Waals surface area contributed by atoms with Crippen LogP contribution in [0.15, 0.2) is 42.5 Å². The van der Waals surface area contributed by atoms with E-state index >= 15 is 8.78 Å². The first kappa shape index (κ1) is 28.4. The lowest BCUT2D eigenvalue weighted by atomic mass is 9.74. The average molecular weight is 548 g/mol. The average Bonchev–Trinajstić information content (AvgIpc) is 2.96. The molecule has 5 rings (SSSR count). The van der Waals surface area contributed by atoms with Gasteiger partial charge in [0.15, 0.2) is 0 Å². The highest BCUT2D eigenvalue weighted by atomic mass is 19.1. The van der Waals surface area contributed by atoms with E-state index in [0.29, 0.717) is 53.9 Å². The van der Waals surface area contributed by atoms with Gasteiger partial charge in [0.1, 0.15) is 23.3 Å². The van der Waals surface area contributed by atoms with Gasteiger partial charge in [-0.3, -0.25) is 0 Å². The summed E-state index contributed by atoms with van der Waals surface area (Å²) in [7, 11) is 0. The van der Waals surface area contributed by atoms with E-state index in [1.165, 1.54) is 23.8 Å². The quantitative estimate of drug-likeness (QED) is 0.258. The fourth-order valence-corrected chi connectivity index (χ4v) is 6.87. The van der Waals surface area contributed by atoms with Crippen LogP contribution in [0.2, 0.25) is 0 Å². The first-order valence-electron chi connectivity index (χ1n) is 14.8. The molecule has 1 atom stereocenters. The van der Waals surface area contributed by atoms with Crippen LogP contribution in [0.3, 0.4) is 0 Å². The highest BCUT2D eigenvalue weighted by molar-refractivity contribution is 5.40. The molecule has 1 unspecified atom stereocenters. The first-order valence-corrected chi connectivity index (χ1v) is 14.8. The summed E-state index contributed by atoms with van der Waals surface area (Å²) < 4.78 is 60.4. The Bertz CT molecular complexity index is 1360. The zero-order valence-electron chi connectivity index (χ0n) is 23.2. The van der Waals surface area contributed by atoms with Gasteiger partial charge >= 0.3 is 0 Å². The normalized spacial score (nSPS) is 20.6. The van der Waals surface area contributed by atoms with Crippen molar-refractivity contribution in [1.29, 1.82) is 5.26 Å². The molecule has 0 amide bonds. The summed E-state index contributed by atoms with van der Waals surface area (Å²) >= 11 is 0. The van der Waals surface area contributed by atoms with Crippen LogP contribution in [0, 0.1) is 40.5 Å². The van der Waals surface area contributed by atoms with Gasteiger partial charge in [0.05, 0.1) is 11.6 Å². The van der Waals surface area contributed by atoms with E-state index in [1.807, 2.05) is 31.2 Å². The van der Waals surface area contributed by atoms with Crippen molar-refractivity contribution < 1.29 is 17.6 Å². The number of benzene rings is 3. The Morgan fingerprint density at radius 1 is 0.825 bits per heavy atom. The van der Waals surface area contributed by atoms with Crippen molar-refractivity contribution in [3.05, 3.63) is 105 Å². The molecular formula is C35H37F4N. The van der Waals surface area contributed by atoms with Gasteiger partial charge in [-0.05, 0) is 141 Å². The third kappa shape index (κ3) is 6.12. The minimum atomic E-state index is -0.488. The van der Waals surface area contributed by atoms with Crippen molar-refractivity contribution in [2.75, 3.05) is 0 Å². The van der Waals surface area contributed by atoms with Crippen LogP contribution in [0.4, 0.5) is 17.6 Å². The predicted octanol–water partition coefficient (Wildman–Crippen LogP) is 9.64. The number of rotatable bonds is 8. The van der Waals surface area contributed by atoms with Crippen LogP contribution in [0.25, 0.3) is 0 Å². The van der Waals surface area contributed by atoms with Gasteiger partial charge in [-0.2, -0.15) is 5.26 Å².